The van der Waals surface area contributed by atoms with Crippen molar-refractivity contribution in [1.29, 1.82) is 0 Å². The average molecular weight is 422 g/mol. The number of piperidine rings is 1. The van der Waals surface area contributed by atoms with Gasteiger partial charge in [0, 0.05) is 45.5 Å². The Morgan fingerprint density at radius 3 is 2.52 bits per heavy atom. The van der Waals surface area contributed by atoms with Crippen LogP contribution in [0.3, 0.4) is 0 Å². The molecule has 5 nitrogen and oxygen atoms in total. The van der Waals surface area contributed by atoms with Gasteiger partial charge in [-0.15, -0.1) is 0 Å². The Morgan fingerprint density at radius 2 is 1.87 bits per heavy atom. The first-order valence-electron chi connectivity index (χ1n) is 11.4. The van der Waals surface area contributed by atoms with Gasteiger partial charge in [-0.1, -0.05) is 44.2 Å². The van der Waals surface area contributed by atoms with E-state index < -0.39 is 5.41 Å². The highest BCUT2D eigenvalue weighted by atomic mass is 16.2. The smallest absolute Gasteiger partial charge is 0.230 e. The second-order valence-electron chi connectivity index (χ2n) is 8.98. The van der Waals surface area contributed by atoms with Crippen LogP contribution < -0.4 is 0 Å². The third-order valence-electron chi connectivity index (χ3n) is 6.55. The molecule has 31 heavy (non-hydrogen) atoms. The third kappa shape index (κ3) is 5.15. The molecule has 2 aromatic rings. The van der Waals surface area contributed by atoms with Crippen molar-refractivity contribution in [3.63, 3.8) is 0 Å². The lowest BCUT2D eigenvalue weighted by Crippen LogP contribution is -2.55. The zero-order valence-corrected chi connectivity index (χ0v) is 19.3. The number of amides is 2. The fraction of sp³-hybridized carbons (Fsp3) is 0.500. The maximum Gasteiger partial charge on any atom is 0.230 e. The predicted molar refractivity (Wildman–Crippen MR) is 124 cm³/mol. The quantitative estimate of drug-likeness (QED) is 0.665. The molecule has 1 saturated heterocycles. The Labute approximate surface area is 186 Å². The molecule has 1 unspecified atom stereocenters. The third-order valence-corrected chi connectivity index (χ3v) is 6.55. The molecule has 3 rings (SSSR count). The van der Waals surface area contributed by atoms with Crippen LogP contribution in [-0.2, 0) is 16.0 Å². The molecule has 0 bridgehead atoms. The fourth-order valence-electron chi connectivity index (χ4n) is 4.87. The van der Waals surface area contributed by atoms with E-state index in [0.717, 1.165) is 48.9 Å². The van der Waals surface area contributed by atoms with Crippen LogP contribution in [0.2, 0.25) is 0 Å². The van der Waals surface area contributed by atoms with Crippen molar-refractivity contribution in [3.05, 3.63) is 54.4 Å². The summed E-state index contributed by atoms with van der Waals surface area (Å²) in [6.07, 6.45) is 7.59. The van der Waals surface area contributed by atoms with E-state index in [2.05, 4.69) is 37.0 Å². The van der Waals surface area contributed by atoms with E-state index in [1.807, 2.05) is 43.4 Å². The molecule has 1 aliphatic heterocycles. The van der Waals surface area contributed by atoms with E-state index in [1.54, 1.807) is 11.1 Å². The minimum Gasteiger partial charge on any atom is -0.348 e. The van der Waals surface area contributed by atoms with Gasteiger partial charge in [0.05, 0.1) is 5.41 Å². The Kier molecular flexibility index (Phi) is 7.47. The van der Waals surface area contributed by atoms with Gasteiger partial charge in [-0.2, -0.15) is 0 Å². The summed E-state index contributed by atoms with van der Waals surface area (Å²) in [5.41, 5.74) is 2.69. The van der Waals surface area contributed by atoms with Crippen LogP contribution in [0.5, 0.6) is 0 Å². The zero-order chi connectivity index (χ0) is 22.4. The molecule has 0 spiro atoms. The Bertz CT molecular complexity index is 893. The summed E-state index contributed by atoms with van der Waals surface area (Å²) in [6, 6.07) is 12.3. The first kappa shape index (κ1) is 23.0. The van der Waals surface area contributed by atoms with E-state index in [0.29, 0.717) is 13.0 Å². The van der Waals surface area contributed by atoms with Crippen LogP contribution >= 0.6 is 0 Å². The highest BCUT2D eigenvalue weighted by Crippen LogP contribution is 2.37. The summed E-state index contributed by atoms with van der Waals surface area (Å²) in [5.74, 6) is 0.352. The summed E-state index contributed by atoms with van der Waals surface area (Å²) in [4.78, 5) is 34.4. The summed E-state index contributed by atoms with van der Waals surface area (Å²) in [5, 5.41) is 0. The number of hydrogen-bond donors (Lipinski definition) is 0. The molecule has 0 aliphatic carbocycles. The lowest BCUT2D eigenvalue weighted by molar-refractivity contribution is -0.149. The number of carbonyl (C=O) groups excluding carboxylic acids is 2. The lowest BCUT2D eigenvalue weighted by Gasteiger charge is -2.44. The van der Waals surface area contributed by atoms with Crippen molar-refractivity contribution in [2.45, 2.75) is 46.0 Å². The number of likely N-dealkylation sites (tertiary alicyclic amines) is 1. The van der Waals surface area contributed by atoms with Crippen molar-refractivity contribution in [2.24, 2.45) is 11.3 Å². The highest BCUT2D eigenvalue weighted by molar-refractivity contribution is 5.85. The number of aromatic nitrogens is 1. The van der Waals surface area contributed by atoms with Gasteiger partial charge in [0.1, 0.15) is 0 Å². The van der Waals surface area contributed by atoms with Crippen LogP contribution in [0, 0.1) is 11.3 Å². The largest absolute Gasteiger partial charge is 0.348 e. The fourth-order valence-corrected chi connectivity index (χ4v) is 4.87. The van der Waals surface area contributed by atoms with E-state index in [-0.39, 0.29) is 17.7 Å². The number of benzene rings is 1. The molecule has 2 heterocycles. The Morgan fingerprint density at radius 1 is 1.13 bits per heavy atom. The van der Waals surface area contributed by atoms with Crippen molar-refractivity contribution < 1.29 is 9.59 Å². The zero-order valence-electron chi connectivity index (χ0n) is 19.3. The molecule has 0 radical (unpaired) electrons. The monoisotopic (exact) mass is 421 g/mol. The minimum absolute atomic E-state index is 0.0409. The van der Waals surface area contributed by atoms with Crippen molar-refractivity contribution >= 4 is 11.8 Å². The van der Waals surface area contributed by atoms with E-state index in [9.17, 15) is 9.59 Å². The Balaban J connectivity index is 1.91. The maximum absolute atomic E-state index is 13.4. The predicted octanol–water partition coefficient (Wildman–Crippen LogP) is 4.42. The van der Waals surface area contributed by atoms with Crippen LogP contribution in [0.15, 0.2) is 48.8 Å². The Hall–Kier alpha value is -2.69. The number of hydrogen-bond acceptors (Lipinski definition) is 3. The topological polar surface area (TPSA) is 53.5 Å². The summed E-state index contributed by atoms with van der Waals surface area (Å²) < 4.78 is 0. The van der Waals surface area contributed by atoms with Crippen LogP contribution in [0.25, 0.3) is 11.1 Å². The van der Waals surface area contributed by atoms with Gasteiger partial charge >= 0.3 is 0 Å². The molecular weight excluding hydrogens is 386 g/mol. The van der Waals surface area contributed by atoms with Gasteiger partial charge in [0.15, 0.2) is 0 Å². The van der Waals surface area contributed by atoms with Gasteiger partial charge in [-0.25, -0.2) is 0 Å². The lowest BCUT2D eigenvalue weighted by atomic mass is 9.73. The SMILES string of the molecule is CCC(CC)C(=O)N1CCCC(Cc2cccc(-c3cccnc3)c2)(C(=O)N(C)C)C1. The summed E-state index contributed by atoms with van der Waals surface area (Å²) >= 11 is 0. The highest BCUT2D eigenvalue weighted by Gasteiger charge is 2.44. The van der Waals surface area contributed by atoms with Crippen molar-refractivity contribution in [2.75, 3.05) is 27.2 Å². The second-order valence-corrected chi connectivity index (χ2v) is 8.98. The van der Waals surface area contributed by atoms with Crippen molar-refractivity contribution in [3.8, 4) is 11.1 Å². The van der Waals surface area contributed by atoms with E-state index >= 15 is 0 Å². The molecule has 166 valence electrons. The van der Waals surface area contributed by atoms with Gasteiger partial charge in [0.25, 0.3) is 0 Å². The van der Waals surface area contributed by atoms with E-state index in [4.69, 9.17) is 0 Å². The molecule has 0 N–H and O–H groups in total. The van der Waals surface area contributed by atoms with Gasteiger partial charge in [-0.3, -0.25) is 14.6 Å². The number of nitrogens with zero attached hydrogens (tertiary/aromatic N) is 3. The molecule has 1 aromatic heterocycles. The number of pyridine rings is 1. The van der Waals surface area contributed by atoms with Crippen molar-refractivity contribution in [1.82, 2.24) is 14.8 Å². The number of carbonyl (C=O) groups is 2. The maximum atomic E-state index is 13.4. The molecule has 1 aromatic carbocycles. The van der Waals surface area contributed by atoms with Gasteiger partial charge in [0.2, 0.25) is 11.8 Å². The number of rotatable bonds is 7. The summed E-state index contributed by atoms with van der Waals surface area (Å²) in [6.45, 7) is 5.38. The first-order chi connectivity index (χ1) is 14.9. The first-order valence-corrected chi connectivity index (χ1v) is 11.4. The van der Waals surface area contributed by atoms with E-state index in [1.165, 1.54) is 0 Å². The normalized spacial score (nSPS) is 18.8. The minimum atomic E-state index is -0.586. The van der Waals surface area contributed by atoms with Gasteiger partial charge in [-0.05, 0) is 54.9 Å². The summed E-state index contributed by atoms with van der Waals surface area (Å²) in [7, 11) is 3.63. The van der Waals surface area contributed by atoms with Crippen LogP contribution in [-0.4, -0.2) is 53.8 Å². The molecule has 1 atom stereocenters. The molecule has 1 fully saturated rings. The standard InChI is InChI=1S/C26H35N3O2/c1-5-21(6-2)24(30)29-15-9-13-26(19-29,25(31)28(3)4)17-20-10-7-11-22(16-20)23-12-8-14-27-18-23/h7-8,10-12,14,16,18,21H,5-6,9,13,15,17,19H2,1-4H3. The van der Waals surface area contributed by atoms with Gasteiger partial charge < -0.3 is 9.80 Å². The van der Waals surface area contributed by atoms with Crippen LogP contribution in [0.1, 0.15) is 45.1 Å². The molecule has 5 heteroatoms. The average Bonchev–Trinajstić information content (AvgIpc) is 2.80. The molecule has 0 saturated carbocycles. The molecular formula is C26H35N3O2. The second kappa shape index (κ2) is 10.1. The molecule has 1 aliphatic rings. The molecule has 2 amide bonds. The van der Waals surface area contributed by atoms with Crippen LogP contribution in [0.4, 0.5) is 0 Å².